The van der Waals surface area contributed by atoms with E-state index in [0.29, 0.717) is 24.3 Å². The van der Waals surface area contributed by atoms with Gasteiger partial charge in [-0.25, -0.2) is 8.42 Å². The van der Waals surface area contributed by atoms with Crippen molar-refractivity contribution in [3.8, 4) is 0 Å². The van der Waals surface area contributed by atoms with Gasteiger partial charge in [0.25, 0.3) is 10.0 Å². The molecule has 7 nitrogen and oxygen atoms in total. The van der Waals surface area contributed by atoms with Crippen LogP contribution in [0.25, 0.3) is 0 Å². The van der Waals surface area contributed by atoms with E-state index in [1.54, 1.807) is 49.4 Å². The highest BCUT2D eigenvalue weighted by molar-refractivity contribution is 7.92. The van der Waals surface area contributed by atoms with Gasteiger partial charge in [-0.05, 0) is 54.8 Å². The Kier molecular flexibility index (Phi) is 6.80. The zero-order valence-corrected chi connectivity index (χ0v) is 18.3. The number of sulfonamides is 1. The first-order valence-corrected chi connectivity index (χ1v) is 11.7. The number of nitrogens with one attached hydrogen (secondary N) is 3. The maximum atomic E-state index is 12.7. The number of amides is 2. The largest absolute Gasteiger partial charge is 0.352 e. The third-order valence-electron chi connectivity index (χ3n) is 5.51. The molecule has 1 aliphatic rings. The lowest BCUT2D eigenvalue weighted by atomic mass is 9.64. The van der Waals surface area contributed by atoms with Crippen LogP contribution in [-0.4, -0.2) is 26.8 Å². The van der Waals surface area contributed by atoms with Crippen LogP contribution in [0.4, 0.5) is 11.4 Å². The summed E-state index contributed by atoms with van der Waals surface area (Å²) in [5, 5.41) is 5.55. The molecule has 1 fully saturated rings. The van der Waals surface area contributed by atoms with Crippen molar-refractivity contribution in [2.45, 2.75) is 42.9 Å². The van der Waals surface area contributed by atoms with Crippen LogP contribution < -0.4 is 15.4 Å². The van der Waals surface area contributed by atoms with Gasteiger partial charge in [0.1, 0.15) is 0 Å². The molecule has 2 aromatic carbocycles. The van der Waals surface area contributed by atoms with Gasteiger partial charge in [-0.2, -0.15) is 0 Å². The van der Waals surface area contributed by atoms with E-state index in [9.17, 15) is 18.0 Å². The summed E-state index contributed by atoms with van der Waals surface area (Å²) < 4.78 is 27.9. The maximum absolute atomic E-state index is 12.7. The molecule has 1 saturated carbocycles. The Morgan fingerprint density at radius 2 is 1.65 bits per heavy atom. The second-order valence-electron chi connectivity index (χ2n) is 7.54. The molecule has 0 spiro atoms. The van der Waals surface area contributed by atoms with E-state index >= 15 is 0 Å². The molecule has 3 N–H and O–H groups in total. The van der Waals surface area contributed by atoms with E-state index in [4.69, 9.17) is 0 Å². The Bertz CT molecular complexity index is 1060. The Morgan fingerprint density at radius 1 is 1.03 bits per heavy atom. The molecule has 3 rings (SSSR count). The summed E-state index contributed by atoms with van der Waals surface area (Å²) >= 11 is 0. The number of benzene rings is 2. The lowest BCUT2D eigenvalue weighted by Gasteiger charge is -2.40. The summed E-state index contributed by atoms with van der Waals surface area (Å²) in [6.07, 6.45) is 4.50. The van der Waals surface area contributed by atoms with Crippen molar-refractivity contribution in [2.75, 3.05) is 16.6 Å². The highest BCUT2D eigenvalue weighted by Gasteiger charge is 2.45. The van der Waals surface area contributed by atoms with Crippen molar-refractivity contribution in [1.82, 2.24) is 5.32 Å². The molecule has 0 atom stereocenters. The number of hydrogen-bond donors (Lipinski definition) is 3. The minimum atomic E-state index is -3.79. The van der Waals surface area contributed by atoms with Gasteiger partial charge in [-0.1, -0.05) is 31.6 Å². The molecule has 2 amide bonds. The number of carbonyl (C=O) groups excluding carboxylic acids is 2. The lowest BCUT2D eigenvalue weighted by molar-refractivity contribution is -0.129. The first-order valence-electron chi connectivity index (χ1n) is 10.2. The fourth-order valence-corrected chi connectivity index (χ4v) is 4.61. The number of hydrogen-bond acceptors (Lipinski definition) is 4. The van der Waals surface area contributed by atoms with Crippen LogP contribution in [0.1, 0.15) is 38.2 Å². The highest BCUT2D eigenvalue weighted by Crippen LogP contribution is 2.44. The van der Waals surface area contributed by atoms with Crippen molar-refractivity contribution in [3.63, 3.8) is 0 Å². The number of rotatable bonds is 9. The predicted molar refractivity (Wildman–Crippen MR) is 121 cm³/mol. The minimum absolute atomic E-state index is 0.0257. The molecule has 0 aromatic heterocycles. The van der Waals surface area contributed by atoms with Crippen LogP contribution in [0, 0.1) is 0 Å². The van der Waals surface area contributed by atoms with E-state index in [2.05, 4.69) is 21.9 Å². The van der Waals surface area contributed by atoms with Crippen LogP contribution in [0.5, 0.6) is 0 Å². The van der Waals surface area contributed by atoms with Gasteiger partial charge in [0.2, 0.25) is 11.8 Å². The van der Waals surface area contributed by atoms with Crippen LogP contribution in [0.3, 0.4) is 0 Å². The topological polar surface area (TPSA) is 104 Å². The Morgan fingerprint density at radius 3 is 2.16 bits per heavy atom. The average molecular weight is 442 g/mol. The molecule has 0 unspecified atom stereocenters. The monoisotopic (exact) mass is 441 g/mol. The normalized spacial score (nSPS) is 14.7. The summed E-state index contributed by atoms with van der Waals surface area (Å²) in [6, 6.07) is 12.9. The molecule has 0 radical (unpaired) electrons. The van der Waals surface area contributed by atoms with Crippen LogP contribution in [-0.2, 0) is 25.0 Å². The van der Waals surface area contributed by atoms with E-state index < -0.39 is 15.4 Å². The van der Waals surface area contributed by atoms with E-state index in [0.717, 1.165) is 24.8 Å². The summed E-state index contributed by atoms with van der Waals surface area (Å²) in [5.41, 5.74) is 1.27. The van der Waals surface area contributed by atoms with Crippen LogP contribution in [0.2, 0.25) is 0 Å². The third-order valence-corrected chi connectivity index (χ3v) is 6.91. The van der Waals surface area contributed by atoms with Crippen LogP contribution >= 0.6 is 0 Å². The molecule has 0 heterocycles. The van der Waals surface area contributed by atoms with Crippen molar-refractivity contribution in [3.05, 3.63) is 66.7 Å². The van der Waals surface area contributed by atoms with Gasteiger partial charge in [0.05, 0.1) is 10.3 Å². The molecule has 0 bridgehead atoms. The molecule has 0 saturated heterocycles. The molecule has 31 heavy (non-hydrogen) atoms. The van der Waals surface area contributed by atoms with E-state index in [1.165, 1.54) is 12.1 Å². The van der Waals surface area contributed by atoms with Gasteiger partial charge >= 0.3 is 0 Å². The average Bonchev–Trinajstić information content (AvgIpc) is 2.72. The molecular formula is C23H27N3O4S. The van der Waals surface area contributed by atoms with E-state index in [1.807, 2.05) is 0 Å². The summed E-state index contributed by atoms with van der Waals surface area (Å²) in [6.45, 7) is 5.78. The van der Waals surface area contributed by atoms with Gasteiger partial charge in [0.15, 0.2) is 0 Å². The van der Waals surface area contributed by atoms with Crippen molar-refractivity contribution in [2.24, 2.45) is 0 Å². The minimum Gasteiger partial charge on any atom is -0.352 e. The number of anilines is 2. The Labute approximate surface area is 183 Å². The van der Waals surface area contributed by atoms with Gasteiger partial charge in [0, 0.05) is 24.3 Å². The Balaban J connectivity index is 1.72. The zero-order valence-electron chi connectivity index (χ0n) is 17.5. The van der Waals surface area contributed by atoms with Gasteiger partial charge < -0.3 is 10.6 Å². The molecule has 0 aliphatic heterocycles. The quantitative estimate of drug-likeness (QED) is 0.518. The molecule has 2 aromatic rings. The third kappa shape index (κ3) is 4.96. The second-order valence-corrected chi connectivity index (χ2v) is 9.23. The summed E-state index contributed by atoms with van der Waals surface area (Å²) in [4.78, 5) is 24.2. The summed E-state index contributed by atoms with van der Waals surface area (Å²) in [5.74, 6) is -0.168. The lowest BCUT2D eigenvalue weighted by Crippen LogP contribution is -2.49. The van der Waals surface area contributed by atoms with E-state index in [-0.39, 0.29) is 16.7 Å². The molecular weight excluding hydrogens is 414 g/mol. The first kappa shape index (κ1) is 22.6. The fraction of sp³-hybridized carbons (Fsp3) is 0.304. The molecule has 164 valence electrons. The van der Waals surface area contributed by atoms with Gasteiger partial charge in [-0.15, -0.1) is 6.58 Å². The van der Waals surface area contributed by atoms with Gasteiger partial charge in [-0.3, -0.25) is 14.3 Å². The zero-order chi connectivity index (χ0) is 22.5. The standard InChI is InChI=1S/C23H27N3O4S/c1-3-16-24-22(28)23(14-5-15-23)17-6-8-19(9-7-17)26-31(29,30)20-12-10-18(11-13-20)25-21(27)4-2/h3,6-13,26H,1,4-5,14-16H2,2H3,(H,24,28)(H,25,27). The summed E-state index contributed by atoms with van der Waals surface area (Å²) in [7, 11) is -3.79. The van der Waals surface area contributed by atoms with Crippen LogP contribution in [0.15, 0.2) is 66.1 Å². The SMILES string of the molecule is C=CCNC(=O)C1(c2ccc(NS(=O)(=O)c3ccc(NC(=O)CC)cc3)cc2)CCC1. The predicted octanol–water partition coefficient (Wildman–Crippen LogP) is 3.56. The second kappa shape index (κ2) is 9.34. The number of carbonyl (C=O) groups is 2. The van der Waals surface area contributed by atoms with Crippen molar-refractivity contribution in [1.29, 1.82) is 0 Å². The highest BCUT2D eigenvalue weighted by atomic mass is 32.2. The van der Waals surface area contributed by atoms with Crippen molar-refractivity contribution >= 4 is 33.2 Å². The smallest absolute Gasteiger partial charge is 0.261 e. The molecule has 8 heteroatoms. The first-order chi connectivity index (χ1) is 14.8. The fourth-order valence-electron chi connectivity index (χ4n) is 3.55. The molecule has 1 aliphatic carbocycles. The Hall–Kier alpha value is -3.13. The van der Waals surface area contributed by atoms with Crippen molar-refractivity contribution < 1.29 is 18.0 Å². The maximum Gasteiger partial charge on any atom is 0.261 e.